The summed E-state index contributed by atoms with van der Waals surface area (Å²) in [6, 6.07) is -3.28. The second kappa shape index (κ2) is 22.0. The number of aliphatic hydroxyl groups is 15. The molecule has 0 saturated carbocycles. The van der Waals surface area contributed by atoms with Gasteiger partial charge in [-0.15, -0.1) is 0 Å². The van der Waals surface area contributed by atoms with Crippen LogP contribution < -0.4 is 10.6 Å². The van der Waals surface area contributed by atoms with E-state index in [9.17, 15) is 86.2 Å². The SMILES string of the molecule is CC(=O)N[C@H]1[C@H](O[C@H]2[C@@H](O)[C@@H](CO)O[C@@H](O[C@H]3[C@H](O)[C@@H](O)[C@@H](O)O[C@@H]3CO)[C@@H]2O)O[C@H](CO)[C@@H](O[C@@H]2O[C@H](CO)[C@H](O)[C@H](O[C@@H]3O[C@H](CO)[C@@H](O)[C@H](O)[C@H]3NC(C)=O)[C@H]2O)[C@@H]1O. The molecule has 0 aromatic heterocycles. The highest BCUT2D eigenvalue weighted by molar-refractivity contribution is 5.73. The van der Waals surface area contributed by atoms with Gasteiger partial charge in [0.1, 0.15) is 122 Å². The van der Waals surface area contributed by atoms with Crippen molar-refractivity contribution in [3.05, 3.63) is 0 Å². The predicted octanol–water partition coefficient (Wildman–Crippen LogP) is -11.6. The van der Waals surface area contributed by atoms with Gasteiger partial charge >= 0.3 is 0 Å². The van der Waals surface area contributed by atoms with Gasteiger partial charge in [0.05, 0.1) is 33.0 Å². The summed E-state index contributed by atoms with van der Waals surface area (Å²) in [7, 11) is 0. The Hall–Kier alpha value is -2.02. The molecule has 28 heteroatoms. The number of rotatable bonds is 15. The number of hydrogen-bond acceptors (Lipinski definition) is 26. The van der Waals surface area contributed by atoms with Crippen LogP contribution in [0.4, 0.5) is 0 Å². The van der Waals surface area contributed by atoms with Crippen LogP contribution in [0.2, 0.25) is 0 Å². The van der Waals surface area contributed by atoms with Crippen LogP contribution in [0.1, 0.15) is 13.8 Å². The first kappa shape index (κ1) is 51.0. The van der Waals surface area contributed by atoms with Gasteiger partial charge in [0.2, 0.25) is 11.8 Å². The van der Waals surface area contributed by atoms with Crippen molar-refractivity contribution < 1.29 is 129 Å². The van der Waals surface area contributed by atoms with Crippen molar-refractivity contribution in [2.24, 2.45) is 0 Å². The van der Waals surface area contributed by atoms with Crippen LogP contribution in [0.15, 0.2) is 0 Å². The summed E-state index contributed by atoms with van der Waals surface area (Å²) in [5.41, 5.74) is 0. The topological polar surface area (TPSA) is 445 Å². The van der Waals surface area contributed by atoms with Crippen LogP contribution in [0.3, 0.4) is 0 Å². The largest absolute Gasteiger partial charge is 0.394 e. The summed E-state index contributed by atoms with van der Waals surface area (Å²) < 4.78 is 50.7. The highest BCUT2D eigenvalue weighted by Crippen LogP contribution is 2.35. The fourth-order valence-corrected chi connectivity index (χ4v) is 7.83. The third-order valence-corrected chi connectivity index (χ3v) is 11.1. The smallest absolute Gasteiger partial charge is 0.217 e. The lowest BCUT2D eigenvalue weighted by Crippen LogP contribution is -2.70. The minimum atomic E-state index is -2.10. The Balaban J connectivity index is 1.37. The zero-order valence-corrected chi connectivity index (χ0v) is 33.2. The summed E-state index contributed by atoms with van der Waals surface area (Å²) in [5.74, 6) is -1.55. The van der Waals surface area contributed by atoms with Gasteiger partial charge in [0.15, 0.2) is 31.5 Å². The third kappa shape index (κ3) is 10.8. The normalized spacial score (nSPS) is 49.0. The second-order valence-corrected chi connectivity index (χ2v) is 15.4. The first-order valence-corrected chi connectivity index (χ1v) is 19.6. The molecule has 0 aliphatic carbocycles. The van der Waals surface area contributed by atoms with E-state index >= 15 is 0 Å². The lowest BCUT2D eigenvalue weighted by molar-refractivity contribution is -0.384. The minimum absolute atomic E-state index is 0.726. The van der Waals surface area contributed by atoms with Gasteiger partial charge in [-0.2, -0.15) is 0 Å². The van der Waals surface area contributed by atoms with Crippen molar-refractivity contribution in [3.8, 4) is 0 Å². The molecule has 17 N–H and O–H groups in total. The standard InChI is InChI=1S/C34H58N2O26/c1-8(42)35-15-20(47)17(44)10(3-37)55-31(15)61-28-18(45)11(4-38)56-33(24(28)51)59-26-14(7-41)58-32(16(21(26)48)36-9(2)43)62-29-19(46)12(5-39)57-34(25(29)52)60-27-13(6-40)54-30(53)23(50)22(27)49/h10-34,37-41,44-53H,3-7H2,1-2H3,(H,35,42)(H,36,43)/t10-,11-,12-,13-,14-,15-,16-,17-,18+,19+,20-,21-,22-,23-,24-,25-,26-,27-,28+,29+,30+,31+,32+,33+,34+/m1/s1. The minimum Gasteiger partial charge on any atom is -0.394 e. The van der Waals surface area contributed by atoms with Gasteiger partial charge in [-0.1, -0.05) is 0 Å². The van der Waals surface area contributed by atoms with E-state index in [4.69, 9.17) is 42.6 Å². The Labute approximate surface area is 351 Å². The van der Waals surface area contributed by atoms with E-state index in [1.807, 2.05) is 0 Å². The average molecular weight is 911 g/mol. The van der Waals surface area contributed by atoms with Crippen molar-refractivity contribution in [2.75, 3.05) is 33.0 Å². The maximum absolute atomic E-state index is 12.5. The lowest BCUT2D eigenvalue weighted by Gasteiger charge is -2.50. The summed E-state index contributed by atoms with van der Waals surface area (Å²) in [4.78, 5) is 24.4. The van der Waals surface area contributed by atoms with Crippen LogP contribution in [-0.4, -0.2) is 275 Å². The molecular formula is C34H58N2O26. The molecule has 360 valence electrons. The highest BCUT2D eigenvalue weighted by atomic mass is 16.8. The Kier molecular flexibility index (Phi) is 18.1. The number of hydrogen-bond donors (Lipinski definition) is 17. The first-order chi connectivity index (χ1) is 29.3. The van der Waals surface area contributed by atoms with Gasteiger partial charge in [0, 0.05) is 13.8 Å². The molecule has 25 atom stereocenters. The molecule has 0 bridgehead atoms. The number of amides is 2. The van der Waals surface area contributed by atoms with Crippen molar-refractivity contribution in [3.63, 3.8) is 0 Å². The van der Waals surface area contributed by atoms with E-state index in [1.165, 1.54) is 0 Å². The fourth-order valence-electron chi connectivity index (χ4n) is 7.83. The lowest BCUT2D eigenvalue weighted by atomic mass is 9.94. The van der Waals surface area contributed by atoms with Crippen LogP contribution in [0.25, 0.3) is 0 Å². The van der Waals surface area contributed by atoms with E-state index in [-0.39, 0.29) is 0 Å². The Morgan fingerprint density at radius 3 is 1.15 bits per heavy atom. The molecule has 5 fully saturated rings. The maximum atomic E-state index is 12.5. The van der Waals surface area contributed by atoms with Gasteiger partial charge in [-0.3, -0.25) is 9.59 Å². The van der Waals surface area contributed by atoms with Gasteiger partial charge < -0.3 is 130 Å². The second-order valence-electron chi connectivity index (χ2n) is 15.4. The number of carbonyl (C=O) groups excluding carboxylic acids is 2. The quantitative estimate of drug-likeness (QED) is 0.0725. The van der Waals surface area contributed by atoms with Crippen molar-refractivity contribution in [2.45, 2.75) is 167 Å². The molecule has 5 rings (SSSR count). The Bertz CT molecular complexity index is 1440. The predicted molar refractivity (Wildman–Crippen MR) is 190 cm³/mol. The highest BCUT2D eigenvalue weighted by Gasteiger charge is 2.57. The van der Waals surface area contributed by atoms with Gasteiger partial charge in [-0.05, 0) is 0 Å². The molecule has 5 aliphatic rings. The van der Waals surface area contributed by atoms with Crippen LogP contribution >= 0.6 is 0 Å². The molecule has 5 heterocycles. The summed E-state index contributed by atoms with van der Waals surface area (Å²) in [6.07, 6.45) is -42.2. The number of nitrogens with one attached hydrogen (secondary N) is 2. The van der Waals surface area contributed by atoms with Crippen molar-refractivity contribution >= 4 is 11.8 Å². The molecular weight excluding hydrogens is 852 g/mol. The zero-order chi connectivity index (χ0) is 45.9. The average Bonchev–Trinajstić information content (AvgIpc) is 3.23. The molecule has 5 aliphatic heterocycles. The molecule has 0 aromatic rings. The molecule has 0 aromatic carbocycles. The van der Waals surface area contributed by atoms with Crippen molar-refractivity contribution in [1.29, 1.82) is 0 Å². The van der Waals surface area contributed by atoms with E-state index < -0.39 is 198 Å². The molecule has 28 nitrogen and oxygen atoms in total. The number of ether oxygens (including phenoxy) is 9. The van der Waals surface area contributed by atoms with E-state index in [0.29, 0.717) is 0 Å². The van der Waals surface area contributed by atoms with E-state index in [2.05, 4.69) is 10.6 Å². The van der Waals surface area contributed by atoms with Crippen LogP contribution in [-0.2, 0) is 52.2 Å². The molecule has 5 saturated heterocycles. The van der Waals surface area contributed by atoms with Gasteiger partial charge in [0.25, 0.3) is 0 Å². The van der Waals surface area contributed by atoms with E-state index in [1.54, 1.807) is 0 Å². The Morgan fingerprint density at radius 2 is 0.726 bits per heavy atom. The molecule has 0 spiro atoms. The van der Waals surface area contributed by atoms with E-state index in [0.717, 1.165) is 13.8 Å². The summed E-state index contributed by atoms with van der Waals surface area (Å²) >= 11 is 0. The molecule has 0 unspecified atom stereocenters. The molecule has 62 heavy (non-hydrogen) atoms. The van der Waals surface area contributed by atoms with Crippen molar-refractivity contribution in [1.82, 2.24) is 10.6 Å². The van der Waals surface area contributed by atoms with Gasteiger partial charge in [-0.25, -0.2) is 0 Å². The summed E-state index contributed by atoms with van der Waals surface area (Å²) in [5, 5.41) is 163. The first-order valence-electron chi connectivity index (χ1n) is 19.6. The zero-order valence-electron chi connectivity index (χ0n) is 33.2. The third-order valence-electron chi connectivity index (χ3n) is 11.1. The van der Waals surface area contributed by atoms with Crippen LogP contribution in [0, 0.1) is 0 Å². The summed E-state index contributed by atoms with van der Waals surface area (Å²) in [6.45, 7) is -2.53. The van der Waals surface area contributed by atoms with Crippen LogP contribution in [0.5, 0.6) is 0 Å². The number of aliphatic hydroxyl groups excluding tert-OH is 15. The monoisotopic (exact) mass is 910 g/mol. The number of carbonyl (C=O) groups is 2. The molecule has 0 radical (unpaired) electrons. The maximum Gasteiger partial charge on any atom is 0.217 e. The Morgan fingerprint density at radius 1 is 0.387 bits per heavy atom. The molecule has 2 amide bonds. The fraction of sp³-hybridized carbons (Fsp3) is 0.941.